The molecule has 24 heavy (non-hydrogen) atoms. The van der Waals surface area contributed by atoms with Gasteiger partial charge in [0, 0.05) is 10.6 Å². The summed E-state index contributed by atoms with van der Waals surface area (Å²) in [5.74, 6) is 0.377. The minimum atomic E-state index is -4.80. The van der Waals surface area contributed by atoms with Crippen LogP contribution in [0.5, 0.6) is 17.2 Å². The van der Waals surface area contributed by atoms with Gasteiger partial charge in [-0.2, -0.15) is 5.10 Å². The first-order valence-electron chi connectivity index (χ1n) is 6.74. The smallest absolute Gasteiger partial charge is 0.453 e. The number of para-hydroxylation sites is 1. The zero-order chi connectivity index (χ0) is 17.2. The third kappa shape index (κ3) is 3.80. The summed E-state index contributed by atoms with van der Waals surface area (Å²) < 4.78 is 47.4. The summed E-state index contributed by atoms with van der Waals surface area (Å²) in [5.41, 5.74) is 0.445. The van der Waals surface area contributed by atoms with Gasteiger partial charge in [-0.05, 0) is 36.4 Å². The molecule has 8 heteroatoms. The Balaban J connectivity index is 1.94. The van der Waals surface area contributed by atoms with E-state index in [-0.39, 0.29) is 22.8 Å². The molecular weight excluding hydrogens is 345 g/mol. The van der Waals surface area contributed by atoms with Crippen molar-refractivity contribution in [2.75, 3.05) is 0 Å². The van der Waals surface area contributed by atoms with E-state index >= 15 is 0 Å². The number of nitrogens with zero attached hydrogens (tertiary/aromatic N) is 1. The molecule has 0 saturated carbocycles. The quantitative estimate of drug-likeness (QED) is 0.680. The van der Waals surface area contributed by atoms with Crippen molar-refractivity contribution < 1.29 is 22.6 Å². The molecule has 3 aromatic rings. The van der Waals surface area contributed by atoms with Crippen LogP contribution in [-0.2, 0) is 0 Å². The first-order valence-corrected chi connectivity index (χ1v) is 7.12. The maximum Gasteiger partial charge on any atom is 0.573 e. The van der Waals surface area contributed by atoms with Crippen LogP contribution in [0.25, 0.3) is 11.3 Å². The van der Waals surface area contributed by atoms with Gasteiger partial charge in [-0.3, -0.25) is 5.10 Å². The lowest BCUT2D eigenvalue weighted by Gasteiger charge is -2.13. The van der Waals surface area contributed by atoms with Gasteiger partial charge >= 0.3 is 6.36 Å². The van der Waals surface area contributed by atoms with Crippen molar-refractivity contribution in [1.82, 2.24) is 10.2 Å². The molecule has 2 aromatic carbocycles. The molecule has 0 radical (unpaired) electrons. The predicted octanol–water partition coefficient (Wildman–Crippen LogP) is 5.42. The second-order valence-electron chi connectivity index (χ2n) is 4.71. The second kappa shape index (κ2) is 6.45. The number of hydrogen-bond donors (Lipinski definition) is 1. The number of H-pyrrole nitrogens is 1. The number of aromatic nitrogens is 2. The number of halogens is 4. The number of aromatic amines is 1. The lowest BCUT2D eigenvalue weighted by atomic mass is 10.1. The predicted molar refractivity (Wildman–Crippen MR) is 82.2 cm³/mol. The number of benzene rings is 2. The van der Waals surface area contributed by atoms with E-state index in [1.54, 1.807) is 30.3 Å². The van der Waals surface area contributed by atoms with Crippen molar-refractivity contribution in [1.29, 1.82) is 0 Å². The molecule has 3 rings (SSSR count). The molecule has 0 bridgehead atoms. The lowest BCUT2D eigenvalue weighted by molar-refractivity contribution is -0.274. The van der Waals surface area contributed by atoms with E-state index in [1.807, 2.05) is 0 Å². The van der Waals surface area contributed by atoms with Crippen LogP contribution < -0.4 is 9.47 Å². The van der Waals surface area contributed by atoms with Crippen LogP contribution in [0.1, 0.15) is 0 Å². The Bertz CT molecular complexity index is 832. The van der Waals surface area contributed by atoms with E-state index in [4.69, 9.17) is 16.3 Å². The molecule has 0 amide bonds. The standard InChI is InChI=1S/C16H10ClF3N2O2/c17-10-5-7-11(8-6-10)23-14-9-21-22-15(14)12-3-1-2-4-13(12)24-16(18,19)20/h1-9H,(H,21,22). The average Bonchev–Trinajstić information content (AvgIpc) is 2.96. The molecule has 1 aromatic heterocycles. The molecule has 0 aliphatic carbocycles. The van der Waals surface area contributed by atoms with Crippen LogP contribution in [-0.4, -0.2) is 16.6 Å². The Hall–Kier alpha value is -2.67. The van der Waals surface area contributed by atoms with Gasteiger partial charge in [0.1, 0.15) is 17.2 Å². The van der Waals surface area contributed by atoms with E-state index in [0.717, 1.165) is 0 Å². The minimum absolute atomic E-state index is 0.177. The number of ether oxygens (including phenoxy) is 2. The van der Waals surface area contributed by atoms with Gasteiger partial charge < -0.3 is 9.47 Å². The molecule has 0 aliphatic heterocycles. The van der Waals surface area contributed by atoms with Crippen molar-refractivity contribution in [3.05, 3.63) is 59.8 Å². The highest BCUT2D eigenvalue weighted by Gasteiger charge is 2.32. The maximum atomic E-state index is 12.6. The fourth-order valence-corrected chi connectivity index (χ4v) is 2.19. The largest absolute Gasteiger partial charge is 0.573 e. The average molecular weight is 355 g/mol. The van der Waals surface area contributed by atoms with E-state index < -0.39 is 6.36 Å². The molecular formula is C16H10ClF3N2O2. The van der Waals surface area contributed by atoms with Gasteiger partial charge in [-0.1, -0.05) is 23.7 Å². The Morgan fingerprint density at radius 2 is 1.67 bits per heavy atom. The van der Waals surface area contributed by atoms with Crippen LogP contribution in [0.2, 0.25) is 5.02 Å². The van der Waals surface area contributed by atoms with Gasteiger partial charge in [0.15, 0.2) is 5.75 Å². The summed E-state index contributed by atoms with van der Waals surface area (Å²) in [6.07, 6.45) is -3.43. The van der Waals surface area contributed by atoms with Crippen molar-refractivity contribution in [3.63, 3.8) is 0 Å². The fourth-order valence-electron chi connectivity index (χ4n) is 2.06. The molecule has 0 spiro atoms. The van der Waals surface area contributed by atoms with Crippen LogP contribution in [0.4, 0.5) is 13.2 Å². The third-order valence-corrected chi connectivity index (χ3v) is 3.28. The van der Waals surface area contributed by atoms with Crippen molar-refractivity contribution in [2.45, 2.75) is 6.36 Å². The maximum absolute atomic E-state index is 12.6. The number of rotatable bonds is 4. The highest BCUT2D eigenvalue weighted by atomic mass is 35.5. The highest BCUT2D eigenvalue weighted by Crippen LogP contribution is 2.38. The van der Waals surface area contributed by atoms with Gasteiger partial charge in [0.25, 0.3) is 0 Å². The van der Waals surface area contributed by atoms with E-state index in [1.165, 1.54) is 24.4 Å². The number of alkyl halides is 3. The van der Waals surface area contributed by atoms with Crippen molar-refractivity contribution in [2.24, 2.45) is 0 Å². The Kier molecular flexibility index (Phi) is 4.35. The topological polar surface area (TPSA) is 47.1 Å². The summed E-state index contributed by atoms with van der Waals surface area (Å²) in [7, 11) is 0. The van der Waals surface area contributed by atoms with E-state index in [2.05, 4.69) is 14.9 Å². The summed E-state index contributed by atoms with van der Waals surface area (Å²) in [4.78, 5) is 0. The summed E-state index contributed by atoms with van der Waals surface area (Å²) in [5, 5.41) is 7.01. The number of hydrogen-bond acceptors (Lipinski definition) is 3. The SMILES string of the molecule is FC(F)(F)Oc1ccccc1-c1[nH]ncc1Oc1ccc(Cl)cc1. The Morgan fingerprint density at radius 3 is 2.38 bits per heavy atom. The van der Waals surface area contributed by atoms with Crippen LogP contribution in [0.3, 0.4) is 0 Å². The molecule has 0 saturated heterocycles. The third-order valence-electron chi connectivity index (χ3n) is 3.03. The fraction of sp³-hybridized carbons (Fsp3) is 0.0625. The molecule has 124 valence electrons. The molecule has 0 fully saturated rings. The molecule has 0 atom stereocenters. The molecule has 4 nitrogen and oxygen atoms in total. The first-order chi connectivity index (χ1) is 11.4. The Labute approximate surface area is 139 Å². The van der Waals surface area contributed by atoms with Crippen LogP contribution in [0.15, 0.2) is 54.7 Å². The first kappa shape index (κ1) is 16.2. The highest BCUT2D eigenvalue weighted by molar-refractivity contribution is 6.30. The van der Waals surface area contributed by atoms with E-state index in [9.17, 15) is 13.2 Å². The molecule has 0 unspecified atom stereocenters. The Morgan fingerprint density at radius 1 is 0.958 bits per heavy atom. The van der Waals surface area contributed by atoms with Gasteiger partial charge in [-0.15, -0.1) is 13.2 Å². The summed E-state index contributed by atoms with van der Waals surface area (Å²) in [6, 6.07) is 12.3. The monoisotopic (exact) mass is 354 g/mol. The van der Waals surface area contributed by atoms with Crippen LogP contribution >= 0.6 is 11.6 Å². The zero-order valence-electron chi connectivity index (χ0n) is 12.0. The van der Waals surface area contributed by atoms with Gasteiger partial charge in [-0.25, -0.2) is 0 Å². The molecule has 1 N–H and O–H groups in total. The summed E-state index contributed by atoms with van der Waals surface area (Å²) >= 11 is 5.81. The van der Waals surface area contributed by atoms with Crippen molar-refractivity contribution in [3.8, 4) is 28.5 Å². The van der Waals surface area contributed by atoms with Crippen molar-refractivity contribution >= 4 is 11.6 Å². The van der Waals surface area contributed by atoms with E-state index in [0.29, 0.717) is 10.8 Å². The number of nitrogens with one attached hydrogen (secondary N) is 1. The zero-order valence-corrected chi connectivity index (χ0v) is 12.7. The molecule has 0 aliphatic rings. The van der Waals surface area contributed by atoms with Gasteiger partial charge in [0.2, 0.25) is 0 Å². The molecule has 1 heterocycles. The van der Waals surface area contributed by atoms with Gasteiger partial charge in [0.05, 0.1) is 6.20 Å². The summed E-state index contributed by atoms with van der Waals surface area (Å²) in [6.45, 7) is 0. The second-order valence-corrected chi connectivity index (χ2v) is 5.15. The lowest BCUT2D eigenvalue weighted by Crippen LogP contribution is -2.17. The normalized spacial score (nSPS) is 11.3. The van der Waals surface area contributed by atoms with Crippen LogP contribution in [0, 0.1) is 0 Å². The minimum Gasteiger partial charge on any atom is -0.453 e.